The maximum Gasteiger partial charge on any atom is 0.471 e. The third-order valence-electron chi connectivity index (χ3n) is 8.67. The van der Waals surface area contributed by atoms with Crippen molar-refractivity contribution < 1.29 is 36.3 Å². The average Bonchev–Trinajstić information content (AvgIpc) is 4.04. The molecule has 0 spiro atoms. The number of carbonyl (C=O) groups is 3. The van der Waals surface area contributed by atoms with Crippen molar-refractivity contribution in [2.45, 2.75) is 55.5 Å². The van der Waals surface area contributed by atoms with Crippen molar-refractivity contribution in [1.82, 2.24) is 25.3 Å². The zero-order chi connectivity index (χ0) is 36.3. The summed E-state index contributed by atoms with van der Waals surface area (Å²) in [6, 6.07) is 9.37. The van der Waals surface area contributed by atoms with Crippen LogP contribution in [0, 0.1) is 11.6 Å². The molecule has 50 heavy (non-hydrogen) atoms. The fraction of sp³-hybridized carbons (Fsp3) is 0.324. The van der Waals surface area contributed by atoms with E-state index in [2.05, 4.69) is 19.9 Å². The van der Waals surface area contributed by atoms with Crippen molar-refractivity contribution in [3.63, 3.8) is 0 Å². The van der Waals surface area contributed by atoms with Gasteiger partial charge in [0.05, 0.1) is 34.3 Å². The van der Waals surface area contributed by atoms with Gasteiger partial charge in [-0.05, 0) is 61.1 Å². The number of hydrogen-bond donors (Lipinski definition) is 2. The van der Waals surface area contributed by atoms with Gasteiger partial charge in [0, 0.05) is 48.5 Å². The molecular formula is C34H29Cl2F5N6O3. The van der Waals surface area contributed by atoms with Crippen molar-refractivity contribution in [3.05, 3.63) is 117 Å². The molecule has 2 aliphatic carbocycles. The fourth-order valence-electron chi connectivity index (χ4n) is 5.35. The fourth-order valence-corrected chi connectivity index (χ4v) is 5.72. The Hall–Kier alpha value is -4.40. The van der Waals surface area contributed by atoms with E-state index in [4.69, 9.17) is 28.9 Å². The standard InChI is InChI=1S/C18H14ClF4N3O2.C16H15ClFN3O/c19-12-5-11(1-2-13(12)20)17(3-4-17)6-15-24-7-10(8-25-15)14(27)9-26-16(28)18(21,22)23;17-12-5-11(1-2-13(12)18)16(3-4-16)6-15-20-8-10(9-21-15)14(22)7-19/h1-2,5,7-8H,3-4,6,9H2,(H,26,28);1-2,5,8-9H,3-4,6-7,19H2. The van der Waals surface area contributed by atoms with Crippen LogP contribution in [0.3, 0.4) is 0 Å². The maximum absolute atomic E-state index is 13.4. The molecule has 1 amide bonds. The van der Waals surface area contributed by atoms with E-state index in [0.29, 0.717) is 30.1 Å². The van der Waals surface area contributed by atoms with E-state index in [1.54, 1.807) is 24.3 Å². The first-order valence-electron chi connectivity index (χ1n) is 15.3. The minimum Gasteiger partial charge on any atom is -0.341 e. The molecule has 3 N–H and O–H groups in total. The second-order valence-corrected chi connectivity index (χ2v) is 13.0. The Balaban J connectivity index is 0.000000200. The molecule has 0 saturated heterocycles. The number of amides is 1. The highest BCUT2D eigenvalue weighted by Crippen LogP contribution is 2.51. The van der Waals surface area contributed by atoms with Gasteiger partial charge in [-0.3, -0.25) is 14.4 Å². The van der Waals surface area contributed by atoms with Gasteiger partial charge in [-0.25, -0.2) is 28.7 Å². The minimum absolute atomic E-state index is 0.0131. The number of benzene rings is 2. The Bertz CT molecular complexity index is 1900. The molecule has 2 aliphatic rings. The Morgan fingerprint density at radius 1 is 0.720 bits per heavy atom. The minimum atomic E-state index is -5.05. The third-order valence-corrected chi connectivity index (χ3v) is 9.25. The van der Waals surface area contributed by atoms with Crippen LogP contribution in [0.15, 0.2) is 61.2 Å². The molecule has 2 aromatic heterocycles. The van der Waals surface area contributed by atoms with Crippen molar-refractivity contribution in [2.24, 2.45) is 5.73 Å². The smallest absolute Gasteiger partial charge is 0.341 e. The molecular weight excluding hydrogens is 706 g/mol. The quantitative estimate of drug-likeness (QED) is 0.139. The molecule has 2 aromatic carbocycles. The van der Waals surface area contributed by atoms with Crippen molar-refractivity contribution in [1.29, 1.82) is 0 Å². The van der Waals surface area contributed by atoms with Gasteiger partial charge in [0.25, 0.3) is 0 Å². The first-order valence-corrected chi connectivity index (χ1v) is 16.0. The van der Waals surface area contributed by atoms with Gasteiger partial charge in [0.15, 0.2) is 11.6 Å². The number of nitrogens with one attached hydrogen (secondary N) is 1. The third kappa shape index (κ3) is 8.84. The number of aromatic nitrogens is 4. The molecule has 6 rings (SSSR count). The van der Waals surface area contributed by atoms with Crippen LogP contribution >= 0.6 is 23.2 Å². The number of carbonyl (C=O) groups excluding carboxylic acids is 3. The molecule has 9 nitrogen and oxygen atoms in total. The van der Waals surface area contributed by atoms with E-state index >= 15 is 0 Å². The summed E-state index contributed by atoms with van der Waals surface area (Å²) >= 11 is 11.7. The van der Waals surface area contributed by atoms with Crippen LogP contribution in [0.5, 0.6) is 0 Å². The van der Waals surface area contributed by atoms with Crippen LogP contribution < -0.4 is 11.1 Å². The van der Waals surface area contributed by atoms with Gasteiger partial charge in [0.1, 0.15) is 23.3 Å². The van der Waals surface area contributed by atoms with Crippen LogP contribution in [0.25, 0.3) is 0 Å². The molecule has 262 valence electrons. The summed E-state index contributed by atoms with van der Waals surface area (Å²) in [5.41, 5.74) is 7.27. The van der Waals surface area contributed by atoms with Crippen molar-refractivity contribution in [3.8, 4) is 0 Å². The average molecular weight is 736 g/mol. The predicted octanol–water partition coefficient (Wildman–Crippen LogP) is 6.09. The Morgan fingerprint density at radius 2 is 1.12 bits per heavy atom. The van der Waals surface area contributed by atoms with E-state index in [9.17, 15) is 36.3 Å². The molecule has 2 fully saturated rings. The van der Waals surface area contributed by atoms with Crippen LogP contribution in [-0.4, -0.2) is 56.7 Å². The predicted molar refractivity (Wildman–Crippen MR) is 173 cm³/mol. The normalized spacial score (nSPS) is 15.4. The molecule has 0 aliphatic heterocycles. The molecule has 2 saturated carbocycles. The lowest BCUT2D eigenvalue weighted by molar-refractivity contribution is -0.173. The van der Waals surface area contributed by atoms with E-state index in [1.165, 1.54) is 42.2 Å². The number of halogens is 7. The monoisotopic (exact) mass is 734 g/mol. The summed E-state index contributed by atoms with van der Waals surface area (Å²) in [5.74, 6) is -2.93. The van der Waals surface area contributed by atoms with Crippen molar-refractivity contribution >= 4 is 40.7 Å². The number of rotatable bonds is 11. The summed E-state index contributed by atoms with van der Waals surface area (Å²) in [4.78, 5) is 50.7. The second-order valence-electron chi connectivity index (χ2n) is 12.2. The summed E-state index contributed by atoms with van der Waals surface area (Å²) in [5, 5.41) is 1.67. The number of hydrogen-bond acceptors (Lipinski definition) is 8. The van der Waals surface area contributed by atoms with Gasteiger partial charge in [-0.2, -0.15) is 13.2 Å². The Labute approximate surface area is 292 Å². The molecule has 4 aromatic rings. The molecule has 16 heteroatoms. The topological polar surface area (TPSA) is 141 Å². The summed E-state index contributed by atoms with van der Waals surface area (Å²) < 4.78 is 63.0. The second kappa shape index (κ2) is 14.8. The summed E-state index contributed by atoms with van der Waals surface area (Å²) in [6.07, 6.45) is 5.14. The van der Waals surface area contributed by atoms with Crippen LogP contribution in [0.2, 0.25) is 10.0 Å². The van der Waals surface area contributed by atoms with Gasteiger partial charge in [-0.1, -0.05) is 35.3 Å². The molecule has 0 unspecified atom stereocenters. The highest BCUT2D eigenvalue weighted by Gasteiger charge is 2.46. The Morgan fingerprint density at radius 3 is 1.46 bits per heavy atom. The lowest BCUT2D eigenvalue weighted by Gasteiger charge is -2.15. The SMILES string of the molecule is NCC(=O)c1cnc(CC2(c3ccc(F)c(Cl)c3)CC2)nc1.O=C(CNC(=O)C(F)(F)F)c1cnc(CC2(c3ccc(F)c(Cl)c3)CC2)nc1. The Kier molecular flexibility index (Phi) is 10.9. The highest BCUT2D eigenvalue weighted by atomic mass is 35.5. The molecule has 0 radical (unpaired) electrons. The van der Waals surface area contributed by atoms with E-state index in [-0.39, 0.29) is 38.8 Å². The van der Waals surface area contributed by atoms with Gasteiger partial charge in [-0.15, -0.1) is 0 Å². The van der Waals surface area contributed by atoms with Crippen LogP contribution in [-0.2, 0) is 28.5 Å². The van der Waals surface area contributed by atoms with Gasteiger partial charge >= 0.3 is 12.1 Å². The van der Waals surface area contributed by atoms with Gasteiger partial charge < -0.3 is 11.1 Å². The lowest BCUT2D eigenvalue weighted by atomic mass is 9.92. The van der Waals surface area contributed by atoms with E-state index < -0.39 is 36.0 Å². The zero-order valence-electron chi connectivity index (χ0n) is 26.2. The number of nitrogens with zero attached hydrogens (tertiary/aromatic N) is 4. The first-order chi connectivity index (χ1) is 23.6. The number of nitrogens with two attached hydrogens (primary N) is 1. The van der Waals surface area contributed by atoms with Crippen molar-refractivity contribution in [2.75, 3.05) is 13.1 Å². The van der Waals surface area contributed by atoms with Crippen LogP contribution in [0.1, 0.15) is 69.2 Å². The zero-order valence-corrected chi connectivity index (χ0v) is 27.7. The summed E-state index contributed by atoms with van der Waals surface area (Å²) in [7, 11) is 0. The molecule has 0 bridgehead atoms. The van der Waals surface area contributed by atoms with Crippen LogP contribution in [0.4, 0.5) is 22.0 Å². The largest absolute Gasteiger partial charge is 0.471 e. The summed E-state index contributed by atoms with van der Waals surface area (Å²) in [6.45, 7) is -0.861. The lowest BCUT2D eigenvalue weighted by Crippen LogP contribution is -2.39. The highest BCUT2D eigenvalue weighted by molar-refractivity contribution is 6.31. The number of alkyl halides is 3. The molecule has 2 heterocycles. The first kappa shape index (κ1) is 36.9. The maximum atomic E-state index is 13.4. The number of Topliss-reactive ketones (excluding diaryl/α,β-unsaturated/α-hetero) is 2. The van der Waals surface area contributed by atoms with E-state index in [0.717, 1.165) is 36.8 Å². The molecule has 0 atom stereocenters. The number of ketones is 2. The van der Waals surface area contributed by atoms with Gasteiger partial charge in [0.2, 0.25) is 0 Å². The van der Waals surface area contributed by atoms with E-state index in [1.807, 2.05) is 0 Å².